The molecule has 5 aromatic rings. The molecule has 34 heavy (non-hydrogen) atoms. The molecule has 11 heteroatoms. The van der Waals surface area contributed by atoms with Crippen molar-refractivity contribution in [2.24, 2.45) is 0 Å². The maximum Gasteiger partial charge on any atom is 0.252 e. The molecule has 1 fully saturated rings. The molecule has 6 rings (SSSR count). The summed E-state index contributed by atoms with van der Waals surface area (Å²) in [5, 5.41) is 22.3. The molecule has 0 aliphatic heterocycles. The molecule has 1 atom stereocenters. The van der Waals surface area contributed by atoms with Crippen LogP contribution in [0, 0.1) is 0 Å². The Labute approximate surface area is 193 Å². The normalized spacial score (nSPS) is 19.7. The van der Waals surface area contributed by atoms with E-state index in [9.17, 15) is 9.90 Å². The summed E-state index contributed by atoms with van der Waals surface area (Å²) >= 11 is 0. The van der Waals surface area contributed by atoms with Crippen LogP contribution in [0.5, 0.6) is 0 Å². The van der Waals surface area contributed by atoms with Gasteiger partial charge >= 0.3 is 0 Å². The molecular formula is C23H22N8O3. The highest BCUT2D eigenvalue weighted by molar-refractivity contribution is 5.94. The standard InChI is InChI=1S/C23H22N8O3/c1-23(13-6-3-2-4-7-13,21(33)26-14-10-15(32)11-14)31-20-16(12-25-31)19-27-18(17-8-5-9-34-17)29-30(19)22(24)28-20/h2-9,12,14-15,32H,10-11H2,1H3,(H2,24,28)(H,26,33)/t14?,15?,23-/m1/s1. The Bertz CT molecular complexity index is 1500. The molecule has 1 aromatic carbocycles. The average Bonchev–Trinajstić information content (AvgIpc) is 3.57. The van der Waals surface area contributed by atoms with E-state index in [1.807, 2.05) is 30.3 Å². The minimum Gasteiger partial charge on any atom is -0.461 e. The smallest absolute Gasteiger partial charge is 0.252 e. The fraction of sp³-hybridized carbons (Fsp3) is 0.261. The van der Waals surface area contributed by atoms with Gasteiger partial charge in [-0.2, -0.15) is 14.6 Å². The number of rotatable bonds is 5. The van der Waals surface area contributed by atoms with E-state index >= 15 is 0 Å². The van der Waals surface area contributed by atoms with Gasteiger partial charge in [-0.3, -0.25) is 4.79 Å². The fourth-order valence-electron chi connectivity index (χ4n) is 4.39. The summed E-state index contributed by atoms with van der Waals surface area (Å²) in [6.45, 7) is 1.79. The van der Waals surface area contributed by atoms with Crippen LogP contribution in [0.25, 0.3) is 28.3 Å². The summed E-state index contributed by atoms with van der Waals surface area (Å²) in [4.78, 5) is 22.8. The molecule has 0 spiro atoms. The highest BCUT2D eigenvalue weighted by Crippen LogP contribution is 2.32. The van der Waals surface area contributed by atoms with Crippen LogP contribution < -0.4 is 11.1 Å². The summed E-state index contributed by atoms with van der Waals surface area (Å²) in [6.07, 6.45) is 3.82. The number of hydrogen-bond acceptors (Lipinski definition) is 8. The minimum atomic E-state index is -1.23. The Balaban J connectivity index is 1.52. The molecular weight excluding hydrogens is 436 g/mol. The number of carbonyl (C=O) groups is 1. The molecule has 172 valence electrons. The topological polar surface area (TPSA) is 149 Å². The molecule has 1 saturated carbocycles. The minimum absolute atomic E-state index is 0.0931. The lowest BCUT2D eigenvalue weighted by Crippen LogP contribution is -2.55. The van der Waals surface area contributed by atoms with Gasteiger partial charge in [0.2, 0.25) is 11.8 Å². The number of aliphatic hydroxyl groups excluding tert-OH is 1. The Morgan fingerprint density at radius 3 is 2.68 bits per heavy atom. The van der Waals surface area contributed by atoms with E-state index in [0.717, 1.165) is 5.56 Å². The van der Waals surface area contributed by atoms with Gasteiger partial charge in [0, 0.05) is 6.04 Å². The zero-order valence-corrected chi connectivity index (χ0v) is 18.3. The average molecular weight is 458 g/mol. The van der Waals surface area contributed by atoms with Gasteiger partial charge in [-0.1, -0.05) is 30.3 Å². The largest absolute Gasteiger partial charge is 0.461 e. The third-order valence-electron chi connectivity index (χ3n) is 6.42. The number of benzene rings is 1. The molecule has 4 heterocycles. The first-order valence-electron chi connectivity index (χ1n) is 10.9. The maximum absolute atomic E-state index is 13.7. The van der Waals surface area contributed by atoms with Crippen molar-refractivity contribution in [1.82, 2.24) is 34.7 Å². The highest BCUT2D eigenvalue weighted by Gasteiger charge is 2.42. The first-order valence-corrected chi connectivity index (χ1v) is 10.9. The van der Waals surface area contributed by atoms with Crippen LogP contribution >= 0.6 is 0 Å². The van der Waals surface area contributed by atoms with Gasteiger partial charge in [-0.05, 0) is 37.5 Å². The maximum atomic E-state index is 13.7. The fourth-order valence-corrected chi connectivity index (χ4v) is 4.39. The lowest BCUT2D eigenvalue weighted by atomic mass is 9.86. The second kappa shape index (κ2) is 7.39. The van der Waals surface area contributed by atoms with Crippen molar-refractivity contribution in [3.63, 3.8) is 0 Å². The lowest BCUT2D eigenvalue weighted by molar-refractivity contribution is -0.129. The monoisotopic (exact) mass is 458 g/mol. The second-order valence-electron chi connectivity index (χ2n) is 8.65. The molecule has 0 radical (unpaired) electrons. The third kappa shape index (κ3) is 2.97. The van der Waals surface area contributed by atoms with Gasteiger partial charge in [0.05, 0.1) is 24.0 Å². The van der Waals surface area contributed by atoms with Gasteiger partial charge in [0.1, 0.15) is 0 Å². The summed E-state index contributed by atoms with van der Waals surface area (Å²) < 4.78 is 8.42. The predicted molar refractivity (Wildman–Crippen MR) is 123 cm³/mol. The van der Waals surface area contributed by atoms with Crippen molar-refractivity contribution < 1.29 is 14.3 Å². The van der Waals surface area contributed by atoms with Crippen molar-refractivity contribution in [1.29, 1.82) is 0 Å². The predicted octanol–water partition coefficient (Wildman–Crippen LogP) is 1.72. The van der Waals surface area contributed by atoms with E-state index in [-0.39, 0.29) is 24.0 Å². The van der Waals surface area contributed by atoms with Crippen LogP contribution in [-0.2, 0) is 10.3 Å². The number of nitrogens with two attached hydrogens (primary N) is 1. The number of anilines is 1. The Kier molecular flexibility index (Phi) is 4.42. The number of nitrogens with zero attached hydrogens (tertiary/aromatic N) is 6. The molecule has 1 amide bonds. The number of hydrogen-bond donors (Lipinski definition) is 3. The van der Waals surface area contributed by atoms with Crippen LogP contribution in [0.3, 0.4) is 0 Å². The number of fused-ring (bicyclic) bond motifs is 3. The quantitative estimate of drug-likeness (QED) is 0.360. The van der Waals surface area contributed by atoms with Crippen LogP contribution in [0.2, 0.25) is 0 Å². The van der Waals surface area contributed by atoms with E-state index in [2.05, 4.69) is 25.5 Å². The van der Waals surface area contributed by atoms with Gasteiger partial charge < -0.3 is 20.6 Å². The van der Waals surface area contributed by atoms with E-state index in [0.29, 0.717) is 41.1 Å². The number of nitrogen functional groups attached to an aromatic ring is 1. The van der Waals surface area contributed by atoms with Crippen molar-refractivity contribution in [3.05, 3.63) is 60.5 Å². The number of aromatic nitrogens is 6. The summed E-state index contributed by atoms with van der Waals surface area (Å²) in [6, 6.07) is 12.8. The molecule has 0 saturated heterocycles. The SMILES string of the molecule is C[C@](C(=O)NC1CC(O)C1)(c1ccccc1)n1ncc2c1nc(N)n1nc(-c3ccco3)nc21. The molecule has 4 N–H and O–H groups in total. The van der Waals surface area contributed by atoms with Crippen molar-refractivity contribution in [2.45, 2.75) is 37.5 Å². The Hall–Kier alpha value is -4.25. The lowest BCUT2D eigenvalue weighted by Gasteiger charge is -2.36. The number of furan rings is 1. The van der Waals surface area contributed by atoms with Crippen molar-refractivity contribution in [3.8, 4) is 11.6 Å². The van der Waals surface area contributed by atoms with Crippen LogP contribution in [0.4, 0.5) is 5.95 Å². The first-order chi connectivity index (χ1) is 16.4. The molecule has 0 unspecified atom stereocenters. The molecule has 1 aliphatic carbocycles. The molecule has 4 aromatic heterocycles. The zero-order valence-electron chi connectivity index (χ0n) is 18.3. The van der Waals surface area contributed by atoms with Gasteiger partial charge in [-0.15, -0.1) is 5.10 Å². The van der Waals surface area contributed by atoms with Gasteiger partial charge in [-0.25, -0.2) is 9.67 Å². The number of amides is 1. The Morgan fingerprint density at radius 2 is 1.97 bits per heavy atom. The zero-order chi connectivity index (χ0) is 23.4. The molecule has 0 bridgehead atoms. The van der Waals surface area contributed by atoms with Crippen LogP contribution in [0.1, 0.15) is 25.3 Å². The number of nitrogens with one attached hydrogen (secondary N) is 1. The van der Waals surface area contributed by atoms with Gasteiger partial charge in [0.25, 0.3) is 5.91 Å². The number of aliphatic hydroxyl groups is 1. The van der Waals surface area contributed by atoms with Crippen LogP contribution in [0.15, 0.2) is 59.3 Å². The summed E-state index contributed by atoms with van der Waals surface area (Å²) in [5.41, 5.74) is 6.61. The van der Waals surface area contributed by atoms with E-state index in [4.69, 9.17) is 10.2 Å². The van der Waals surface area contributed by atoms with E-state index in [1.54, 1.807) is 36.2 Å². The van der Waals surface area contributed by atoms with Gasteiger partial charge in [0.15, 0.2) is 22.6 Å². The molecule has 1 aliphatic rings. The van der Waals surface area contributed by atoms with Crippen LogP contribution in [-0.4, -0.2) is 52.5 Å². The number of carbonyl (C=O) groups excluding carboxylic acids is 1. The first kappa shape index (κ1) is 20.4. The van der Waals surface area contributed by atoms with E-state index < -0.39 is 5.54 Å². The molecule has 11 nitrogen and oxygen atoms in total. The van der Waals surface area contributed by atoms with E-state index in [1.165, 1.54) is 4.52 Å². The Morgan fingerprint density at radius 1 is 1.18 bits per heavy atom. The third-order valence-corrected chi connectivity index (χ3v) is 6.42. The van der Waals surface area contributed by atoms with Crippen molar-refractivity contribution >= 4 is 28.5 Å². The van der Waals surface area contributed by atoms with Crippen molar-refractivity contribution in [2.75, 3.05) is 5.73 Å². The highest BCUT2D eigenvalue weighted by atomic mass is 16.3. The summed E-state index contributed by atoms with van der Waals surface area (Å²) in [7, 11) is 0. The summed E-state index contributed by atoms with van der Waals surface area (Å²) in [5.74, 6) is 0.719. The second-order valence-corrected chi connectivity index (χ2v) is 8.65.